The lowest BCUT2D eigenvalue weighted by atomic mass is 10.1. The van der Waals surface area contributed by atoms with E-state index in [1.165, 1.54) is 32.6 Å². The monoisotopic (exact) mass is 378 g/mol. The molecule has 2 nitrogen and oxygen atoms in total. The van der Waals surface area contributed by atoms with Crippen molar-refractivity contribution in [3.05, 3.63) is 53.2 Å². The fourth-order valence-electron chi connectivity index (χ4n) is 2.51. The molecule has 0 radical (unpaired) electrons. The van der Waals surface area contributed by atoms with Crippen LogP contribution in [0.2, 0.25) is 0 Å². The summed E-state index contributed by atoms with van der Waals surface area (Å²) in [6.07, 6.45) is 8.07. The number of rotatable bonds is 3. The van der Waals surface area contributed by atoms with Crippen LogP contribution in [-0.4, -0.2) is 4.57 Å². The van der Waals surface area contributed by atoms with Gasteiger partial charge in [0.1, 0.15) is 0 Å². The third-order valence-corrected chi connectivity index (χ3v) is 3.89. The highest BCUT2D eigenvalue weighted by Crippen LogP contribution is 2.18. The fraction of sp³-hybridized carbons (Fsp3) is 0.176. The van der Waals surface area contributed by atoms with Gasteiger partial charge >= 0.3 is 0 Å². The first kappa shape index (κ1) is 14.9. The van der Waals surface area contributed by atoms with Crippen molar-refractivity contribution >= 4 is 51.5 Å². The van der Waals surface area contributed by atoms with Gasteiger partial charge in [-0.05, 0) is 37.1 Å². The molecular weight excluding hydrogens is 359 g/mol. The van der Waals surface area contributed by atoms with E-state index in [0.29, 0.717) is 0 Å². The van der Waals surface area contributed by atoms with Crippen molar-refractivity contribution < 1.29 is 0 Å². The second-order valence-corrected chi connectivity index (χ2v) is 5.34. The Bertz CT molecular complexity index is 794. The second-order valence-electron chi connectivity index (χ2n) is 4.72. The molecule has 0 saturated heterocycles. The van der Waals surface area contributed by atoms with E-state index in [0.717, 1.165) is 0 Å². The van der Waals surface area contributed by atoms with Crippen LogP contribution in [0, 0.1) is 0 Å². The van der Waals surface area contributed by atoms with Gasteiger partial charge in [-0.15, -0.1) is 0 Å². The Morgan fingerprint density at radius 1 is 1.40 bits per heavy atom. The molecule has 0 aliphatic heterocycles. The van der Waals surface area contributed by atoms with Crippen molar-refractivity contribution in [3.63, 3.8) is 0 Å². The summed E-state index contributed by atoms with van der Waals surface area (Å²) in [5, 5.41) is 3.74. The fourth-order valence-corrected chi connectivity index (χ4v) is 2.98. The summed E-state index contributed by atoms with van der Waals surface area (Å²) in [4.78, 5) is 0. The lowest BCUT2D eigenvalue weighted by Crippen LogP contribution is -2.26. The molecule has 0 spiro atoms. The van der Waals surface area contributed by atoms with Gasteiger partial charge in [0, 0.05) is 34.7 Å². The zero-order valence-electron chi connectivity index (χ0n) is 12.1. The van der Waals surface area contributed by atoms with Crippen molar-refractivity contribution in [2.75, 3.05) is 0 Å². The first-order chi connectivity index (χ1) is 9.63. The Morgan fingerprint density at radius 3 is 2.75 bits per heavy atom. The van der Waals surface area contributed by atoms with Crippen LogP contribution in [0.4, 0.5) is 0 Å². The number of aryl methyl sites for hydroxylation is 1. The predicted octanol–water partition coefficient (Wildman–Crippen LogP) is 3.25. The maximum Gasteiger partial charge on any atom is 0.0555 e. The van der Waals surface area contributed by atoms with Crippen LogP contribution in [0.25, 0.3) is 28.6 Å². The number of hydrogen-bond donors (Lipinski definition) is 1. The Morgan fingerprint density at radius 2 is 2.15 bits per heavy atom. The molecule has 0 amide bonds. The molecule has 2 rings (SSSR count). The Labute approximate surface area is 133 Å². The maximum absolute atomic E-state index is 3.81. The first-order valence-corrected chi connectivity index (χ1v) is 7.62. The van der Waals surface area contributed by atoms with Gasteiger partial charge in [-0.1, -0.05) is 30.9 Å². The van der Waals surface area contributed by atoms with Crippen LogP contribution in [0.5, 0.6) is 0 Å². The van der Waals surface area contributed by atoms with Crippen LogP contribution in [0.15, 0.2) is 37.1 Å². The summed E-state index contributed by atoms with van der Waals surface area (Å²) in [6.45, 7) is 8.00. The van der Waals surface area contributed by atoms with Gasteiger partial charge in [-0.3, -0.25) is 0 Å². The van der Waals surface area contributed by atoms with E-state index in [-0.39, 0.29) is 0 Å². The number of nitrogens with one attached hydrogen (secondary N) is 1. The van der Waals surface area contributed by atoms with Crippen molar-refractivity contribution in [1.29, 1.82) is 0 Å². The van der Waals surface area contributed by atoms with Gasteiger partial charge in [-0.2, -0.15) is 0 Å². The minimum Gasteiger partial charge on any atom is -0.344 e. The highest BCUT2D eigenvalue weighted by molar-refractivity contribution is 14.1. The molecule has 0 atom stereocenters. The molecule has 1 heterocycles. The van der Waals surface area contributed by atoms with E-state index in [1.807, 2.05) is 12.3 Å². The summed E-state index contributed by atoms with van der Waals surface area (Å²) >= 11 is 2.13. The van der Waals surface area contributed by atoms with Gasteiger partial charge in [0.15, 0.2) is 0 Å². The highest BCUT2D eigenvalue weighted by Gasteiger charge is 2.05. The van der Waals surface area contributed by atoms with E-state index in [1.54, 1.807) is 0 Å². The number of hydrogen-bond acceptors (Lipinski definition) is 1. The second kappa shape index (κ2) is 6.31. The lowest BCUT2D eigenvalue weighted by molar-refractivity contribution is 0.925. The highest BCUT2D eigenvalue weighted by atomic mass is 127. The number of fused-ring (bicyclic) bond motifs is 1. The molecule has 3 heteroatoms. The first-order valence-electron chi connectivity index (χ1n) is 6.55. The van der Waals surface area contributed by atoms with E-state index in [9.17, 15) is 0 Å². The van der Waals surface area contributed by atoms with Crippen molar-refractivity contribution in [2.24, 2.45) is 7.05 Å². The van der Waals surface area contributed by atoms with Crippen LogP contribution >= 0.6 is 22.9 Å². The molecule has 1 N–H and O–H groups in total. The van der Waals surface area contributed by atoms with E-state index < -0.39 is 0 Å². The topological polar surface area (TPSA) is 17.0 Å². The molecule has 1 aromatic heterocycles. The smallest absolute Gasteiger partial charge is 0.0555 e. The van der Waals surface area contributed by atoms with Crippen LogP contribution < -0.4 is 14.1 Å². The average Bonchev–Trinajstić information content (AvgIpc) is 2.72. The minimum atomic E-state index is 1.20. The Hall–Kier alpha value is -1.49. The molecule has 20 heavy (non-hydrogen) atoms. The molecule has 0 fully saturated rings. The Kier molecular flexibility index (Phi) is 4.70. The van der Waals surface area contributed by atoms with Crippen LogP contribution in [0.3, 0.4) is 0 Å². The number of halogens is 1. The molecule has 0 bridgehead atoms. The zero-order valence-corrected chi connectivity index (χ0v) is 14.2. The largest absolute Gasteiger partial charge is 0.344 e. The molecule has 104 valence electrons. The standard InChI is InChI=1S/C17H19IN2/c1-5-7-16-14(6-2)15-9-8-13(12(3)11-19-18)10-17(15)20(16)4/h5-11,19H,1H2,2-4H3/b12-11+,14-6-,16-7+. The van der Waals surface area contributed by atoms with E-state index in [4.69, 9.17) is 0 Å². The van der Waals surface area contributed by atoms with Crippen molar-refractivity contribution in [3.8, 4) is 0 Å². The molecule has 0 aliphatic carbocycles. The van der Waals surface area contributed by atoms with Gasteiger partial charge in [0.05, 0.1) is 22.9 Å². The summed E-state index contributed by atoms with van der Waals surface area (Å²) in [6, 6.07) is 6.61. The van der Waals surface area contributed by atoms with E-state index >= 15 is 0 Å². The number of aromatic nitrogens is 1. The normalized spacial score (nSPS) is 14.1. The average molecular weight is 378 g/mol. The third kappa shape index (κ3) is 2.54. The predicted molar refractivity (Wildman–Crippen MR) is 97.8 cm³/mol. The molecule has 0 aliphatic rings. The lowest BCUT2D eigenvalue weighted by Gasteiger charge is -2.03. The van der Waals surface area contributed by atoms with Gasteiger partial charge in [0.2, 0.25) is 0 Å². The van der Waals surface area contributed by atoms with Crippen LogP contribution in [0.1, 0.15) is 19.4 Å². The zero-order chi connectivity index (χ0) is 14.7. The minimum absolute atomic E-state index is 1.20. The Balaban J connectivity index is 2.85. The molecule has 0 unspecified atom stereocenters. The quantitative estimate of drug-likeness (QED) is 0.641. The van der Waals surface area contributed by atoms with Gasteiger partial charge in [-0.25, -0.2) is 0 Å². The van der Waals surface area contributed by atoms with Gasteiger partial charge < -0.3 is 8.10 Å². The molecule has 0 saturated carbocycles. The third-order valence-electron chi connectivity index (χ3n) is 3.58. The summed E-state index contributed by atoms with van der Waals surface area (Å²) in [7, 11) is 2.10. The number of nitrogens with zero attached hydrogens (tertiary/aromatic N) is 1. The molecule has 2 aromatic rings. The SMILES string of the molecule is C=C/C=c1\c(=C/C)c2ccc(/C(C)=C/NI)cc2n1C. The van der Waals surface area contributed by atoms with E-state index in [2.05, 4.69) is 88.8 Å². The number of benzene rings is 1. The van der Waals surface area contributed by atoms with Crippen molar-refractivity contribution in [1.82, 2.24) is 8.10 Å². The summed E-state index contributed by atoms with van der Waals surface area (Å²) in [5.74, 6) is 0. The number of allylic oxidation sites excluding steroid dienone is 2. The van der Waals surface area contributed by atoms with Gasteiger partial charge in [0.25, 0.3) is 0 Å². The summed E-state index contributed by atoms with van der Waals surface area (Å²) < 4.78 is 5.28. The maximum atomic E-state index is 3.81. The molecular formula is C17H19IN2. The summed E-state index contributed by atoms with van der Waals surface area (Å²) in [5.41, 5.74) is 3.69. The van der Waals surface area contributed by atoms with Crippen LogP contribution in [-0.2, 0) is 7.05 Å². The van der Waals surface area contributed by atoms with Crippen molar-refractivity contribution in [2.45, 2.75) is 13.8 Å². The molecule has 1 aromatic carbocycles.